The summed E-state index contributed by atoms with van der Waals surface area (Å²) in [7, 11) is -2.30. The highest BCUT2D eigenvalue weighted by Crippen LogP contribution is 2.46. The molecular formula is C44H56N6O8S2. The van der Waals surface area contributed by atoms with Crippen LogP contribution in [-0.4, -0.2) is 101 Å². The van der Waals surface area contributed by atoms with Crippen LogP contribution in [0.2, 0.25) is 0 Å². The number of hydrogen-bond donors (Lipinski definition) is 2. The van der Waals surface area contributed by atoms with Crippen molar-refractivity contribution in [3.8, 4) is 22.2 Å². The fourth-order valence-electron chi connectivity index (χ4n) is 8.82. The molecule has 14 nitrogen and oxygen atoms in total. The van der Waals surface area contributed by atoms with Gasteiger partial charge in [-0.15, -0.1) is 11.3 Å². The largest absolute Gasteiger partial charge is 0.497 e. The molecule has 2 N–H and O–H groups in total. The number of amides is 4. The molecule has 0 spiro atoms. The average Bonchev–Trinajstić information content (AvgIpc) is 4.11. The van der Waals surface area contributed by atoms with Crippen LogP contribution in [0, 0.1) is 11.8 Å². The number of aromatic nitrogens is 2. The molecule has 0 bridgehead atoms. The quantitative estimate of drug-likeness (QED) is 0.235. The van der Waals surface area contributed by atoms with E-state index in [0.717, 1.165) is 55.6 Å². The summed E-state index contributed by atoms with van der Waals surface area (Å²) in [5.41, 5.74) is 0.712. The Morgan fingerprint density at radius 3 is 2.55 bits per heavy atom. The number of pyridine rings is 1. The van der Waals surface area contributed by atoms with Crippen LogP contribution in [0.3, 0.4) is 0 Å². The molecule has 5 aliphatic rings. The first kappa shape index (κ1) is 42.1. The number of ether oxygens (including phenoxy) is 2. The number of piperidine rings is 1. The van der Waals surface area contributed by atoms with E-state index in [4.69, 9.17) is 19.4 Å². The number of methoxy groups -OCH3 is 1. The van der Waals surface area contributed by atoms with Gasteiger partial charge in [0.2, 0.25) is 27.7 Å². The molecular weight excluding hydrogens is 805 g/mol. The summed E-state index contributed by atoms with van der Waals surface area (Å²) in [5.74, 6) is -1.37. The summed E-state index contributed by atoms with van der Waals surface area (Å²) in [6, 6.07) is 6.32. The summed E-state index contributed by atoms with van der Waals surface area (Å²) < 4.78 is 40.5. The molecule has 0 radical (unpaired) electrons. The van der Waals surface area contributed by atoms with Crippen LogP contribution in [0.4, 0.5) is 0 Å². The number of fused-ring (bicyclic) bond motifs is 3. The number of carbonyl (C=O) groups is 4. The van der Waals surface area contributed by atoms with Crippen molar-refractivity contribution in [2.45, 2.75) is 126 Å². The molecule has 60 heavy (non-hydrogen) atoms. The van der Waals surface area contributed by atoms with Crippen molar-refractivity contribution < 1.29 is 37.1 Å². The van der Waals surface area contributed by atoms with E-state index in [1.807, 2.05) is 46.7 Å². The molecule has 16 heteroatoms. The number of benzene rings is 1. The molecule has 4 fully saturated rings. The molecule has 3 aliphatic heterocycles. The predicted molar refractivity (Wildman–Crippen MR) is 228 cm³/mol. The summed E-state index contributed by atoms with van der Waals surface area (Å²) >= 11 is 1.49. The van der Waals surface area contributed by atoms with Crippen molar-refractivity contribution in [1.82, 2.24) is 29.8 Å². The fraction of sp³-hybridized carbons (Fsp3) is 0.591. The normalized spacial score (nSPS) is 26.5. The zero-order valence-corrected chi connectivity index (χ0v) is 36.3. The van der Waals surface area contributed by atoms with Crippen LogP contribution >= 0.6 is 11.3 Å². The first-order chi connectivity index (χ1) is 28.8. The summed E-state index contributed by atoms with van der Waals surface area (Å²) in [6.07, 6.45) is 11.2. The molecule has 2 saturated carbocycles. The van der Waals surface area contributed by atoms with Crippen LogP contribution in [0.5, 0.6) is 11.5 Å². The molecule has 5 atom stereocenters. The molecule has 8 rings (SSSR count). The third kappa shape index (κ3) is 9.04. The molecule has 4 amide bonds. The number of nitrogens with one attached hydrogen (secondary N) is 2. The third-order valence-electron chi connectivity index (χ3n) is 12.7. The van der Waals surface area contributed by atoms with Crippen LogP contribution < -0.4 is 19.5 Å². The van der Waals surface area contributed by atoms with Gasteiger partial charge in [0.15, 0.2) is 0 Å². The van der Waals surface area contributed by atoms with E-state index in [0.29, 0.717) is 60.4 Å². The standard InChI is InChI=1S/C44H56N6O8S2/c1-27(2)36-26-59-41(46-36)35-23-38(33-17-14-30(57-3)21-34(33)45-35)58-31-22-37-40(52)47-44(43(54)48-60(55,56)32-15-16-32)24-29(44)13-9-6-4-5-8-12-28(42(53)50(37)25-31)20-39(51)49-18-10-7-11-19-49/h9,13-14,17,21,23,26-29,31-32,37H,4-8,10-12,15-16,18-20,22,24-25H2,1-3H3,(H,47,52)(H,48,54)/t28-,29-,31-,37+,44-/m1/s1. The number of nitrogens with zero attached hydrogens (tertiary/aromatic N) is 4. The Balaban J connectivity index is 1.13. The Bertz CT molecular complexity index is 2270. The van der Waals surface area contributed by atoms with Crippen LogP contribution in [0.1, 0.15) is 109 Å². The minimum atomic E-state index is -3.89. The third-order valence-corrected chi connectivity index (χ3v) is 15.4. The predicted octanol–water partition coefficient (Wildman–Crippen LogP) is 5.86. The zero-order valence-electron chi connectivity index (χ0n) is 34.7. The molecule has 2 saturated heterocycles. The Kier molecular flexibility index (Phi) is 12.2. The lowest BCUT2D eigenvalue weighted by molar-refractivity contribution is -0.145. The van der Waals surface area contributed by atoms with Crippen molar-refractivity contribution in [2.75, 3.05) is 26.7 Å². The first-order valence-corrected chi connectivity index (χ1v) is 24.0. The Labute approximate surface area is 355 Å². The highest BCUT2D eigenvalue weighted by atomic mass is 32.2. The van der Waals surface area contributed by atoms with Crippen molar-refractivity contribution in [2.24, 2.45) is 11.8 Å². The van der Waals surface area contributed by atoms with E-state index in [1.54, 1.807) is 7.11 Å². The SMILES string of the molecule is COc1ccc2c(O[C@@H]3C[C@H]4C(=O)N[C@]5(C(=O)NS(=O)(=O)C6CC6)C[C@H]5C=CCCCCC[C@H](CC(=O)N5CCCCC5)C(=O)N4C3)cc(-c3nc(C(C)C)cs3)nc2c1. The van der Waals surface area contributed by atoms with Gasteiger partial charge < -0.3 is 24.6 Å². The molecule has 1 aromatic carbocycles. The molecule has 5 heterocycles. The van der Waals surface area contributed by atoms with Crippen molar-refractivity contribution in [1.29, 1.82) is 0 Å². The molecule has 0 unspecified atom stereocenters. The smallest absolute Gasteiger partial charge is 0.259 e. The number of rotatable bonds is 10. The highest BCUT2D eigenvalue weighted by Gasteiger charge is 2.62. The number of thiazole rings is 1. The second kappa shape index (κ2) is 17.4. The van der Waals surface area contributed by atoms with Crippen LogP contribution in [0.15, 0.2) is 41.8 Å². The Morgan fingerprint density at radius 2 is 1.82 bits per heavy atom. The van der Waals surface area contributed by atoms with E-state index < -0.39 is 56.6 Å². The number of allylic oxidation sites excluding steroid dienone is 1. The summed E-state index contributed by atoms with van der Waals surface area (Å²) in [5, 5.41) is 5.80. The van der Waals surface area contributed by atoms with Gasteiger partial charge in [0.25, 0.3) is 5.91 Å². The topological polar surface area (TPSA) is 177 Å². The fourth-order valence-corrected chi connectivity index (χ4v) is 11.1. The Morgan fingerprint density at radius 1 is 1.03 bits per heavy atom. The lowest BCUT2D eigenvalue weighted by atomic mass is 9.94. The van der Waals surface area contributed by atoms with E-state index in [1.165, 1.54) is 16.2 Å². The van der Waals surface area contributed by atoms with Gasteiger partial charge in [0, 0.05) is 60.7 Å². The maximum Gasteiger partial charge on any atom is 0.259 e. The minimum Gasteiger partial charge on any atom is -0.497 e. The van der Waals surface area contributed by atoms with Gasteiger partial charge in [-0.1, -0.05) is 38.8 Å². The second-order valence-corrected chi connectivity index (χ2v) is 20.3. The first-order valence-electron chi connectivity index (χ1n) is 21.6. The number of likely N-dealkylation sites (tertiary alicyclic amines) is 1. The average molecular weight is 861 g/mol. The van der Waals surface area contributed by atoms with E-state index >= 15 is 0 Å². The second-order valence-electron chi connectivity index (χ2n) is 17.5. The maximum absolute atomic E-state index is 14.9. The van der Waals surface area contributed by atoms with E-state index in [-0.39, 0.29) is 43.5 Å². The Hall–Kier alpha value is -4.57. The number of carbonyl (C=O) groups excluding carboxylic acids is 4. The number of hydrogen-bond acceptors (Lipinski definition) is 11. The molecule has 2 aliphatic carbocycles. The maximum atomic E-state index is 14.9. The van der Waals surface area contributed by atoms with E-state index in [9.17, 15) is 27.6 Å². The van der Waals surface area contributed by atoms with Crippen molar-refractivity contribution in [3.05, 3.63) is 47.5 Å². The van der Waals surface area contributed by atoms with Gasteiger partial charge in [-0.25, -0.2) is 18.4 Å². The highest BCUT2D eigenvalue weighted by molar-refractivity contribution is 7.91. The molecule has 322 valence electrons. The van der Waals surface area contributed by atoms with Crippen molar-refractivity contribution >= 4 is 55.9 Å². The van der Waals surface area contributed by atoms with Crippen LogP contribution in [-0.2, 0) is 29.2 Å². The van der Waals surface area contributed by atoms with Crippen LogP contribution in [0.25, 0.3) is 21.6 Å². The zero-order chi connectivity index (χ0) is 42.2. The van der Waals surface area contributed by atoms with Gasteiger partial charge in [0.05, 0.1) is 30.1 Å². The van der Waals surface area contributed by atoms with Gasteiger partial charge >= 0.3 is 0 Å². The van der Waals surface area contributed by atoms with Gasteiger partial charge in [-0.05, 0) is 75.8 Å². The lowest BCUT2D eigenvalue weighted by Gasteiger charge is -2.31. The summed E-state index contributed by atoms with van der Waals surface area (Å²) in [4.78, 5) is 70.3. The monoisotopic (exact) mass is 860 g/mol. The lowest BCUT2D eigenvalue weighted by Crippen LogP contribution is -2.57. The van der Waals surface area contributed by atoms with E-state index in [2.05, 4.69) is 23.9 Å². The van der Waals surface area contributed by atoms with Gasteiger partial charge in [-0.2, -0.15) is 0 Å². The van der Waals surface area contributed by atoms with Crippen molar-refractivity contribution in [3.63, 3.8) is 0 Å². The van der Waals surface area contributed by atoms with Gasteiger partial charge in [0.1, 0.15) is 39.9 Å². The van der Waals surface area contributed by atoms with Gasteiger partial charge in [-0.3, -0.25) is 23.9 Å². The molecule has 2 aromatic heterocycles. The summed E-state index contributed by atoms with van der Waals surface area (Å²) in [6.45, 7) is 5.57. The number of sulfonamides is 1. The molecule has 3 aromatic rings. The minimum absolute atomic E-state index is 0.0505.